The fourth-order valence-electron chi connectivity index (χ4n) is 2.62. The van der Waals surface area contributed by atoms with Gasteiger partial charge in [0, 0.05) is 19.6 Å². The molecule has 1 saturated heterocycles. The molecule has 0 atom stereocenters. The molecule has 0 amide bonds. The summed E-state index contributed by atoms with van der Waals surface area (Å²) in [6.45, 7) is 4.91. The van der Waals surface area contributed by atoms with Gasteiger partial charge >= 0.3 is 7.12 Å². The Morgan fingerprint density at radius 3 is 2.60 bits per heavy atom. The summed E-state index contributed by atoms with van der Waals surface area (Å²) < 4.78 is 13.4. The summed E-state index contributed by atoms with van der Waals surface area (Å²) in [4.78, 5) is 4.56. The van der Waals surface area contributed by atoms with E-state index in [4.69, 9.17) is 10.0 Å². The second kappa shape index (κ2) is 7.17. The molecule has 1 aromatic rings. The average Bonchev–Trinajstić information content (AvgIpc) is 2.88. The number of hydrogen-bond acceptors (Lipinski definition) is 4. The summed E-state index contributed by atoms with van der Waals surface area (Å²) in [5, 5.41) is 18.2. The molecule has 0 aliphatic carbocycles. The van der Waals surface area contributed by atoms with Crippen LogP contribution in [0.3, 0.4) is 0 Å². The predicted molar refractivity (Wildman–Crippen MR) is 78.2 cm³/mol. The predicted octanol–water partition coefficient (Wildman–Crippen LogP) is 0.0331. The molecular weight excluding hydrogens is 258 g/mol. The number of likely N-dealkylation sites (N-methyl/N-ethyl adjacent to an activating group) is 1. The second-order valence-corrected chi connectivity index (χ2v) is 5.55. The van der Waals surface area contributed by atoms with Crippen LogP contribution in [0, 0.1) is 5.82 Å². The summed E-state index contributed by atoms with van der Waals surface area (Å²) >= 11 is 0. The lowest BCUT2D eigenvalue weighted by molar-refractivity contribution is 0.252. The van der Waals surface area contributed by atoms with Crippen LogP contribution in [-0.2, 0) is 6.54 Å². The Hall–Kier alpha value is -0.945. The van der Waals surface area contributed by atoms with Crippen LogP contribution < -0.4 is 5.46 Å². The van der Waals surface area contributed by atoms with Crippen LogP contribution in [0.2, 0.25) is 0 Å². The normalized spacial score (nSPS) is 16.1. The molecule has 2 rings (SSSR count). The molecule has 4 nitrogen and oxygen atoms in total. The molecule has 1 fully saturated rings. The monoisotopic (exact) mass is 280 g/mol. The first kappa shape index (κ1) is 15.4. The van der Waals surface area contributed by atoms with Gasteiger partial charge in [0.2, 0.25) is 0 Å². The fraction of sp³-hybridized carbons (Fsp3) is 0.571. The van der Waals surface area contributed by atoms with Crippen molar-refractivity contribution in [2.45, 2.75) is 19.4 Å². The molecule has 0 saturated carbocycles. The van der Waals surface area contributed by atoms with E-state index in [1.54, 1.807) is 6.07 Å². The second-order valence-electron chi connectivity index (χ2n) is 5.55. The minimum Gasteiger partial charge on any atom is -0.423 e. The van der Waals surface area contributed by atoms with E-state index in [1.807, 2.05) is 7.05 Å². The molecule has 0 bridgehead atoms. The van der Waals surface area contributed by atoms with Crippen molar-refractivity contribution in [3.63, 3.8) is 0 Å². The highest BCUT2D eigenvalue weighted by Gasteiger charge is 2.15. The molecule has 110 valence electrons. The van der Waals surface area contributed by atoms with Crippen molar-refractivity contribution in [1.29, 1.82) is 0 Å². The Bertz CT molecular complexity index is 439. The molecule has 0 spiro atoms. The highest BCUT2D eigenvalue weighted by Crippen LogP contribution is 2.08. The zero-order valence-corrected chi connectivity index (χ0v) is 11.9. The van der Waals surface area contributed by atoms with E-state index in [2.05, 4.69) is 9.80 Å². The molecular formula is C14H22BFN2O2. The van der Waals surface area contributed by atoms with Crippen molar-refractivity contribution in [2.24, 2.45) is 0 Å². The zero-order valence-electron chi connectivity index (χ0n) is 11.9. The summed E-state index contributed by atoms with van der Waals surface area (Å²) in [7, 11) is 0.370. The van der Waals surface area contributed by atoms with Gasteiger partial charge in [0.1, 0.15) is 5.82 Å². The number of nitrogens with zero attached hydrogens (tertiary/aromatic N) is 2. The van der Waals surface area contributed by atoms with Crippen LogP contribution in [0.15, 0.2) is 18.2 Å². The SMILES string of the molecule is CN(CCN1CCCC1)Cc1cc(F)cc(B(O)O)c1. The molecule has 2 N–H and O–H groups in total. The van der Waals surface area contributed by atoms with Crippen molar-refractivity contribution in [1.82, 2.24) is 9.80 Å². The first-order chi connectivity index (χ1) is 9.54. The van der Waals surface area contributed by atoms with Crippen LogP contribution in [0.4, 0.5) is 4.39 Å². The molecule has 1 heterocycles. The number of rotatable bonds is 6. The largest absolute Gasteiger partial charge is 0.488 e. The van der Waals surface area contributed by atoms with Crippen LogP contribution in [-0.4, -0.2) is 60.2 Å². The minimum absolute atomic E-state index is 0.202. The van der Waals surface area contributed by atoms with Crippen molar-refractivity contribution >= 4 is 12.6 Å². The van der Waals surface area contributed by atoms with Crippen LogP contribution in [0.5, 0.6) is 0 Å². The third kappa shape index (κ3) is 4.56. The minimum atomic E-state index is -1.63. The smallest absolute Gasteiger partial charge is 0.423 e. The van der Waals surface area contributed by atoms with Crippen LogP contribution in [0.25, 0.3) is 0 Å². The van der Waals surface area contributed by atoms with Crippen molar-refractivity contribution in [3.05, 3.63) is 29.6 Å². The number of likely N-dealkylation sites (tertiary alicyclic amines) is 1. The first-order valence-electron chi connectivity index (χ1n) is 7.11. The van der Waals surface area contributed by atoms with Gasteiger partial charge in [0.05, 0.1) is 0 Å². The summed E-state index contributed by atoms with van der Waals surface area (Å²) in [6, 6.07) is 4.23. The molecule has 0 unspecified atom stereocenters. The molecule has 1 aliphatic rings. The van der Waals surface area contributed by atoms with Crippen molar-refractivity contribution in [3.8, 4) is 0 Å². The molecule has 20 heavy (non-hydrogen) atoms. The van der Waals surface area contributed by atoms with E-state index in [-0.39, 0.29) is 5.46 Å². The van der Waals surface area contributed by atoms with Gasteiger partial charge < -0.3 is 19.8 Å². The lowest BCUT2D eigenvalue weighted by Crippen LogP contribution is -2.33. The Morgan fingerprint density at radius 2 is 1.95 bits per heavy atom. The van der Waals surface area contributed by atoms with Crippen molar-refractivity contribution < 1.29 is 14.4 Å². The van der Waals surface area contributed by atoms with Gasteiger partial charge in [-0.15, -0.1) is 0 Å². The first-order valence-corrected chi connectivity index (χ1v) is 7.11. The summed E-state index contributed by atoms with van der Waals surface area (Å²) in [5.41, 5.74) is 0.963. The Morgan fingerprint density at radius 1 is 1.25 bits per heavy atom. The van der Waals surface area contributed by atoms with Gasteiger partial charge in [0.15, 0.2) is 0 Å². The molecule has 6 heteroatoms. The van der Waals surface area contributed by atoms with E-state index in [9.17, 15) is 4.39 Å². The van der Waals surface area contributed by atoms with Gasteiger partial charge in [-0.25, -0.2) is 4.39 Å². The van der Waals surface area contributed by atoms with E-state index < -0.39 is 12.9 Å². The van der Waals surface area contributed by atoms with Crippen molar-refractivity contribution in [2.75, 3.05) is 33.2 Å². The molecule has 0 radical (unpaired) electrons. The standard InChI is InChI=1S/C14H22BFN2O2/c1-17(6-7-18-4-2-3-5-18)11-12-8-13(15(19)20)10-14(16)9-12/h8-10,19-20H,2-7,11H2,1H3. The van der Waals surface area contributed by atoms with Gasteiger partial charge in [0.25, 0.3) is 0 Å². The molecule has 1 aromatic carbocycles. The maximum atomic E-state index is 13.4. The number of benzene rings is 1. The maximum Gasteiger partial charge on any atom is 0.488 e. The van der Waals surface area contributed by atoms with Gasteiger partial charge in [-0.1, -0.05) is 6.07 Å². The van der Waals surface area contributed by atoms with Crippen LogP contribution in [0.1, 0.15) is 18.4 Å². The summed E-state index contributed by atoms with van der Waals surface area (Å²) in [5.74, 6) is -0.432. The lowest BCUT2D eigenvalue weighted by atomic mass is 9.79. The molecule has 0 aromatic heterocycles. The lowest BCUT2D eigenvalue weighted by Gasteiger charge is -2.21. The third-order valence-electron chi connectivity index (χ3n) is 3.73. The van der Waals surface area contributed by atoms with E-state index in [0.29, 0.717) is 6.54 Å². The fourth-order valence-corrected chi connectivity index (χ4v) is 2.62. The summed E-state index contributed by atoms with van der Waals surface area (Å²) in [6.07, 6.45) is 2.57. The Labute approximate surface area is 120 Å². The third-order valence-corrected chi connectivity index (χ3v) is 3.73. The number of halogens is 1. The van der Waals surface area contributed by atoms with Gasteiger partial charge in [-0.2, -0.15) is 0 Å². The number of hydrogen-bond donors (Lipinski definition) is 2. The van der Waals surface area contributed by atoms with E-state index in [1.165, 1.54) is 32.0 Å². The Kier molecular flexibility index (Phi) is 5.54. The maximum absolute atomic E-state index is 13.4. The van der Waals surface area contributed by atoms with Gasteiger partial charge in [-0.05, 0) is 56.1 Å². The average molecular weight is 280 g/mol. The highest BCUT2D eigenvalue weighted by atomic mass is 19.1. The Balaban J connectivity index is 1.88. The topological polar surface area (TPSA) is 46.9 Å². The quantitative estimate of drug-likeness (QED) is 0.722. The molecule has 1 aliphatic heterocycles. The van der Waals surface area contributed by atoms with E-state index in [0.717, 1.165) is 24.7 Å². The van der Waals surface area contributed by atoms with Crippen LogP contribution >= 0.6 is 0 Å². The highest BCUT2D eigenvalue weighted by molar-refractivity contribution is 6.58. The zero-order chi connectivity index (χ0) is 14.5. The van der Waals surface area contributed by atoms with E-state index >= 15 is 0 Å². The van der Waals surface area contributed by atoms with Gasteiger partial charge in [-0.3, -0.25) is 0 Å².